The van der Waals surface area contributed by atoms with Crippen LogP contribution in [0.3, 0.4) is 0 Å². The molecule has 0 atom stereocenters. The van der Waals surface area contributed by atoms with Crippen LogP contribution in [0.15, 0.2) is 18.2 Å². The smallest absolute Gasteiger partial charge is 0.387 e. The largest absolute Gasteiger partial charge is 0.435 e. The number of hydrogen-bond donors (Lipinski definition) is 0. The predicted octanol–water partition coefficient (Wildman–Crippen LogP) is 3.03. The van der Waals surface area contributed by atoms with E-state index in [4.69, 9.17) is 0 Å². The molecule has 0 N–H and O–H groups in total. The normalized spacial score (nSPS) is 10.5. The van der Waals surface area contributed by atoms with Crippen LogP contribution in [-0.4, -0.2) is 6.61 Å². The summed E-state index contributed by atoms with van der Waals surface area (Å²) >= 11 is 0. The molecule has 71 valence electrons. The Morgan fingerprint density at radius 3 is 2.69 bits per heavy atom. The van der Waals surface area contributed by atoms with Gasteiger partial charge in [-0.15, -0.1) is 0 Å². The molecular weight excluding hydrogens is 174 g/mol. The lowest BCUT2D eigenvalue weighted by atomic mass is 10.1. The van der Waals surface area contributed by atoms with Crippen molar-refractivity contribution in [1.82, 2.24) is 0 Å². The van der Waals surface area contributed by atoms with Crippen LogP contribution in [0.5, 0.6) is 5.75 Å². The van der Waals surface area contributed by atoms with Gasteiger partial charge in [-0.25, -0.2) is 0 Å². The lowest BCUT2D eigenvalue weighted by Crippen LogP contribution is -2.04. The molecule has 0 fully saturated rings. The second kappa shape index (κ2) is 4.21. The average Bonchev–Trinajstić information content (AvgIpc) is 2.03. The molecule has 1 aromatic carbocycles. The van der Waals surface area contributed by atoms with E-state index in [9.17, 15) is 8.78 Å². The van der Waals surface area contributed by atoms with Crippen molar-refractivity contribution in [3.63, 3.8) is 0 Å². The van der Waals surface area contributed by atoms with Crippen LogP contribution >= 0.6 is 0 Å². The molecule has 0 unspecified atom stereocenters. The van der Waals surface area contributed by atoms with Crippen molar-refractivity contribution in [3.8, 4) is 5.75 Å². The van der Waals surface area contributed by atoms with Crippen LogP contribution < -0.4 is 4.74 Å². The number of halogens is 2. The van der Waals surface area contributed by atoms with Gasteiger partial charge in [0, 0.05) is 0 Å². The molecule has 1 rings (SSSR count). The summed E-state index contributed by atoms with van der Waals surface area (Å²) in [6.07, 6.45) is 0.641. The Bertz CT molecular complexity index is 284. The molecule has 0 aliphatic heterocycles. The first-order chi connectivity index (χ1) is 6.15. The topological polar surface area (TPSA) is 9.23 Å². The Hall–Kier alpha value is -1.12. The highest BCUT2D eigenvalue weighted by Crippen LogP contribution is 2.23. The molecule has 3 heteroatoms. The second-order valence-electron chi connectivity index (χ2n) is 2.63. The first kappa shape index (κ1) is 9.96. The number of alkyl halides is 2. The van der Waals surface area contributed by atoms with Gasteiger partial charge in [0.25, 0.3) is 0 Å². The molecule has 0 aliphatic rings. The van der Waals surface area contributed by atoms with Crippen LogP contribution in [0.2, 0.25) is 0 Å². The highest BCUT2D eigenvalue weighted by atomic mass is 19.3. The van der Waals surface area contributed by atoms with E-state index in [1.54, 1.807) is 12.1 Å². The highest BCUT2D eigenvalue weighted by Gasteiger charge is 2.09. The number of benzene rings is 1. The third-order valence-electron chi connectivity index (χ3n) is 1.80. The van der Waals surface area contributed by atoms with E-state index in [1.807, 2.05) is 6.92 Å². The van der Waals surface area contributed by atoms with Crippen molar-refractivity contribution >= 4 is 0 Å². The molecule has 0 saturated carbocycles. The Morgan fingerprint density at radius 1 is 1.46 bits per heavy atom. The fraction of sp³-hybridized carbons (Fsp3) is 0.300. The van der Waals surface area contributed by atoms with Crippen molar-refractivity contribution < 1.29 is 13.5 Å². The van der Waals surface area contributed by atoms with Gasteiger partial charge in [-0.2, -0.15) is 8.78 Å². The predicted molar refractivity (Wildman–Crippen MR) is 46.9 cm³/mol. The summed E-state index contributed by atoms with van der Waals surface area (Å²) in [5.41, 5.74) is 1.48. The van der Waals surface area contributed by atoms with Crippen molar-refractivity contribution in [2.45, 2.75) is 20.0 Å². The van der Waals surface area contributed by atoms with E-state index >= 15 is 0 Å². The van der Waals surface area contributed by atoms with Crippen molar-refractivity contribution in [2.75, 3.05) is 0 Å². The van der Waals surface area contributed by atoms with Gasteiger partial charge in [-0.05, 0) is 30.5 Å². The molecule has 0 spiro atoms. The van der Waals surface area contributed by atoms with Gasteiger partial charge >= 0.3 is 6.61 Å². The molecular formula is C10H11F2O. The molecule has 1 radical (unpaired) electrons. The number of rotatable bonds is 3. The van der Waals surface area contributed by atoms with E-state index in [1.165, 1.54) is 6.07 Å². The monoisotopic (exact) mass is 185 g/mol. The summed E-state index contributed by atoms with van der Waals surface area (Å²) in [6.45, 7) is 2.84. The van der Waals surface area contributed by atoms with Crippen LogP contribution in [0.25, 0.3) is 0 Å². The lowest BCUT2D eigenvalue weighted by Gasteiger charge is -2.10. The molecule has 0 bridgehead atoms. The van der Waals surface area contributed by atoms with Gasteiger partial charge in [0.1, 0.15) is 5.75 Å². The fourth-order valence-corrected chi connectivity index (χ4v) is 1.22. The minimum Gasteiger partial charge on any atom is -0.435 e. The standard InChI is InChI=1S/C10H11F2O/c1-3-8-7(2)5-4-6-9(8)13-10(11)12/h4-6,10H,2-3H2,1H3. The number of hydrogen-bond acceptors (Lipinski definition) is 1. The van der Waals surface area contributed by atoms with Crippen LogP contribution in [0, 0.1) is 6.92 Å². The maximum Gasteiger partial charge on any atom is 0.387 e. The van der Waals surface area contributed by atoms with Crippen molar-refractivity contribution in [3.05, 3.63) is 36.2 Å². The third-order valence-corrected chi connectivity index (χ3v) is 1.80. The summed E-state index contributed by atoms with van der Waals surface area (Å²) in [6, 6.07) is 4.95. The molecule has 1 nitrogen and oxygen atoms in total. The van der Waals surface area contributed by atoms with Gasteiger partial charge in [0.2, 0.25) is 0 Å². The lowest BCUT2D eigenvalue weighted by molar-refractivity contribution is -0.0504. The zero-order valence-corrected chi connectivity index (χ0v) is 7.39. The zero-order chi connectivity index (χ0) is 9.84. The van der Waals surface area contributed by atoms with E-state index in [2.05, 4.69) is 11.7 Å². The Labute approximate surface area is 76.3 Å². The van der Waals surface area contributed by atoms with Crippen LogP contribution in [0.4, 0.5) is 8.78 Å². The molecule has 0 heterocycles. The third kappa shape index (κ3) is 2.41. The maximum atomic E-state index is 11.9. The average molecular weight is 185 g/mol. The van der Waals surface area contributed by atoms with Crippen LogP contribution in [-0.2, 0) is 6.42 Å². The Balaban J connectivity index is 2.98. The first-order valence-corrected chi connectivity index (χ1v) is 4.03. The maximum absolute atomic E-state index is 11.9. The molecule has 0 amide bonds. The molecule has 1 aromatic rings. The quantitative estimate of drug-likeness (QED) is 0.703. The van der Waals surface area contributed by atoms with E-state index in [0.717, 1.165) is 11.1 Å². The Kier molecular flexibility index (Phi) is 3.23. The van der Waals surface area contributed by atoms with Gasteiger partial charge in [0.15, 0.2) is 0 Å². The molecule has 0 aromatic heterocycles. The van der Waals surface area contributed by atoms with E-state index in [0.29, 0.717) is 6.42 Å². The van der Waals surface area contributed by atoms with Gasteiger partial charge < -0.3 is 4.74 Å². The van der Waals surface area contributed by atoms with E-state index < -0.39 is 6.61 Å². The summed E-state index contributed by atoms with van der Waals surface area (Å²) in [5, 5.41) is 0. The summed E-state index contributed by atoms with van der Waals surface area (Å²) in [4.78, 5) is 0. The second-order valence-corrected chi connectivity index (χ2v) is 2.63. The SMILES string of the molecule is [CH2]c1cccc(OC(F)F)c1CC. The van der Waals surface area contributed by atoms with Gasteiger partial charge in [-0.1, -0.05) is 19.1 Å². The van der Waals surface area contributed by atoms with Gasteiger partial charge in [0.05, 0.1) is 0 Å². The molecule has 0 aliphatic carbocycles. The minimum absolute atomic E-state index is 0.227. The minimum atomic E-state index is -2.77. The summed E-state index contributed by atoms with van der Waals surface area (Å²) in [7, 11) is 0. The summed E-state index contributed by atoms with van der Waals surface area (Å²) in [5.74, 6) is 0.227. The van der Waals surface area contributed by atoms with Crippen LogP contribution in [0.1, 0.15) is 18.1 Å². The number of ether oxygens (including phenoxy) is 1. The van der Waals surface area contributed by atoms with E-state index in [-0.39, 0.29) is 5.75 Å². The van der Waals surface area contributed by atoms with Crippen molar-refractivity contribution in [1.29, 1.82) is 0 Å². The van der Waals surface area contributed by atoms with Gasteiger partial charge in [-0.3, -0.25) is 0 Å². The summed E-state index contributed by atoms with van der Waals surface area (Å²) < 4.78 is 28.2. The Morgan fingerprint density at radius 2 is 2.15 bits per heavy atom. The van der Waals surface area contributed by atoms with Crippen molar-refractivity contribution in [2.24, 2.45) is 0 Å². The first-order valence-electron chi connectivity index (χ1n) is 4.03. The highest BCUT2D eigenvalue weighted by molar-refractivity contribution is 5.41. The molecule has 0 saturated heterocycles. The zero-order valence-electron chi connectivity index (χ0n) is 7.39. The fourth-order valence-electron chi connectivity index (χ4n) is 1.22. The molecule has 13 heavy (non-hydrogen) atoms.